The van der Waals surface area contributed by atoms with Crippen LogP contribution in [0.5, 0.6) is 5.75 Å². The molecule has 0 saturated heterocycles. The molecule has 2 aromatic carbocycles. The van der Waals surface area contributed by atoms with Crippen molar-refractivity contribution < 1.29 is 14.6 Å². The van der Waals surface area contributed by atoms with Crippen molar-refractivity contribution in [3.63, 3.8) is 0 Å². The van der Waals surface area contributed by atoms with Crippen molar-refractivity contribution >= 4 is 16.7 Å². The van der Waals surface area contributed by atoms with Crippen molar-refractivity contribution in [2.45, 2.75) is 19.8 Å². The first-order valence-corrected chi connectivity index (χ1v) is 6.10. The minimum atomic E-state index is -0.311. The molecule has 0 aliphatic rings. The summed E-state index contributed by atoms with van der Waals surface area (Å²) >= 11 is 0. The Morgan fingerprint density at radius 1 is 1.17 bits per heavy atom. The van der Waals surface area contributed by atoms with Crippen molar-refractivity contribution in [1.29, 1.82) is 0 Å². The summed E-state index contributed by atoms with van der Waals surface area (Å²) < 4.78 is 5.15. The number of fused-ring (bicyclic) bond motifs is 1. The molecule has 3 nitrogen and oxygen atoms in total. The van der Waals surface area contributed by atoms with Gasteiger partial charge in [0.1, 0.15) is 5.75 Å². The van der Waals surface area contributed by atoms with Crippen LogP contribution in [0.1, 0.15) is 30.1 Å². The normalized spacial score (nSPS) is 10.5. The molecule has 0 amide bonds. The third-order valence-electron chi connectivity index (χ3n) is 2.79. The van der Waals surface area contributed by atoms with E-state index in [1.807, 2.05) is 19.1 Å². The van der Waals surface area contributed by atoms with Crippen LogP contribution in [0.2, 0.25) is 0 Å². The molecular formula is C15H16O3. The zero-order valence-electron chi connectivity index (χ0n) is 10.3. The highest BCUT2D eigenvalue weighted by atomic mass is 16.5. The highest BCUT2D eigenvalue weighted by molar-refractivity contribution is 5.95. The Balaban J connectivity index is 2.21. The van der Waals surface area contributed by atoms with Crippen LogP contribution in [0, 0.1) is 0 Å². The molecule has 1 N–H and O–H groups in total. The van der Waals surface area contributed by atoms with Gasteiger partial charge in [0.25, 0.3) is 0 Å². The van der Waals surface area contributed by atoms with E-state index in [2.05, 4.69) is 0 Å². The van der Waals surface area contributed by atoms with E-state index in [4.69, 9.17) is 4.74 Å². The minimum absolute atomic E-state index is 0.194. The van der Waals surface area contributed by atoms with E-state index < -0.39 is 0 Å². The molecular weight excluding hydrogens is 228 g/mol. The highest BCUT2D eigenvalue weighted by Gasteiger charge is 2.07. The summed E-state index contributed by atoms with van der Waals surface area (Å²) in [7, 11) is 0. The zero-order chi connectivity index (χ0) is 13.0. The molecule has 0 unspecified atom stereocenters. The minimum Gasteiger partial charge on any atom is -0.508 e. The Morgan fingerprint density at radius 3 is 2.72 bits per heavy atom. The lowest BCUT2D eigenvalue weighted by molar-refractivity contribution is 0.0500. The van der Waals surface area contributed by atoms with Crippen LogP contribution >= 0.6 is 0 Å². The fourth-order valence-corrected chi connectivity index (χ4v) is 1.75. The molecule has 0 saturated carbocycles. The average Bonchev–Trinajstić information content (AvgIpc) is 2.38. The van der Waals surface area contributed by atoms with Gasteiger partial charge in [-0.25, -0.2) is 4.79 Å². The largest absolute Gasteiger partial charge is 0.508 e. The van der Waals surface area contributed by atoms with Crippen LogP contribution in [0.15, 0.2) is 36.4 Å². The summed E-state index contributed by atoms with van der Waals surface area (Å²) in [5.74, 6) is -0.118. The molecule has 94 valence electrons. The molecule has 0 atom stereocenters. The van der Waals surface area contributed by atoms with Gasteiger partial charge in [-0.3, -0.25) is 0 Å². The third kappa shape index (κ3) is 2.80. The van der Waals surface area contributed by atoms with Gasteiger partial charge in [0.05, 0.1) is 12.2 Å². The molecule has 0 spiro atoms. The van der Waals surface area contributed by atoms with Crippen LogP contribution in [-0.4, -0.2) is 17.7 Å². The number of unbranched alkanes of at least 4 members (excludes halogenated alkanes) is 1. The number of aromatic hydroxyl groups is 1. The quantitative estimate of drug-likeness (QED) is 0.661. The second kappa shape index (κ2) is 5.54. The number of esters is 1. The lowest BCUT2D eigenvalue weighted by Gasteiger charge is -2.05. The number of ether oxygens (including phenoxy) is 1. The summed E-state index contributed by atoms with van der Waals surface area (Å²) in [5, 5.41) is 11.2. The van der Waals surface area contributed by atoms with Crippen molar-refractivity contribution in [1.82, 2.24) is 0 Å². The molecule has 0 fully saturated rings. The van der Waals surface area contributed by atoms with Gasteiger partial charge in [-0.1, -0.05) is 25.5 Å². The molecule has 0 radical (unpaired) electrons. The molecule has 3 heteroatoms. The molecule has 0 aliphatic heterocycles. The van der Waals surface area contributed by atoms with Crippen LogP contribution in [0.3, 0.4) is 0 Å². The predicted octanol–water partition coefficient (Wildman–Crippen LogP) is 3.50. The van der Waals surface area contributed by atoms with Crippen molar-refractivity contribution in [2.75, 3.05) is 6.61 Å². The molecule has 2 rings (SSSR count). The lowest BCUT2D eigenvalue weighted by atomic mass is 10.1. The Hall–Kier alpha value is -2.03. The van der Waals surface area contributed by atoms with Crippen LogP contribution in [0.4, 0.5) is 0 Å². The molecule has 0 bridgehead atoms. The molecule has 0 aromatic heterocycles. The van der Waals surface area contributed by atoms with E-state index in [9.17, 15) is 9.90 Å². The average molecular weight is 244 g/mol. The third-order valence-corrected chi connectivity index (χ3v) is 2.79. The monoisotopic (exact) mass is 244 g/mol. The summed E-state index contributed by atoms with van der Waals surface area (Å²) in [6.45, 7) is 2.50. The van der Waals surface area contributed by atoms with E-state index in [0.717, 1.165) is 23.6 Å². The standard InChI is InChI=1S/C15H16O3/c1-2-3-8-18-15(17)12-5-4-11-6-7-14(16)10-13(11)9-12/h4-7,9-10,16H,2-3,8H2,1H3. The van der Waals surface area contributed by atoms with E-state index >= 15 is 0 Å². The fraction of sp³-hybridized carbons (Fsp3) is 0.267. The molecule has 0 heterocycles. The Bertz CT molecular complexity index is 561. The van der Waals surface area contributed by atoms with Gasteiger partial charge >= 0.3 is 5.97 Å². The van der Waals surface area contributed by atoms with E-state index in [0.29, 0.717) is 12.2 Å². The Labute approximate surface area is 106 Å². The van der Waals surface area contributed by atoms with Gasteiger partial charge in [0, 0.05) is 0 Å². The summed E-state index contributed by atoms with van der Waals surface area (Å²) in [5.41, 5.74) is 0.518. The van der Waals surface area contributed by atoms with Gasteiger partial charge in [-0.15, -0.1) is 0 Å². The predicted molar refractivity (Wildman–Crippen MR) is 70.8 cm³/mol. The first-order valence-electron chi connectivity index (χ1n) is 6.10. The van der Waals surface area contributed by atoms with Crippen molar-refractivity contribution in [2.24, 2.45) is 0 Å². The second-order valence-corrected chi connectivity index (χ2v) is 4.24. The molecule has 2 aromatic rings. The fourth-order valence-electron chi connectivity index (χ4n) is 1.75. The van der Waals surface area contributed by atoms with Crippen LogP contribution < -0.4 is 0 Å². The van der Waals surface area contributed by atoms with Gasteiger partial charge in [0.2, 0.25) is 0 Å². The summed E-state index contributed by atoms with van der Waals surface area (Å²) in [6, 6.07) is 10.4. The van der Waals surface area contributed by atoms with Crippen molar-refractivity contribution in [3.05, 3.63) is 42.0 Å². The van der Waals surface area contributed by atoms with Crippen LogP contribution in [0.25, 0.3) is 10.8 Å². The smallest absolute Gasteiger partial charge is 0.338 e. The Morgan fingerprint density at radius 2 is 1.94 bits per heavy atom. The number of hydrogen-bond donors (Lipinski definition) is 1. The zero-order valence-corrected chi connectivity index (χ0v) is 10.3. The number of hydrogen-bond acceptors (Lipinski definition) is 3. The van der Waals surface area contributed by atoms with Crippen molar-refractivity contribution in [3.8, 4) is 5.75 Å². The topological polar surface area (TPSA) is 46.5 Å². The SMILES string of the molecule is CCCCOC(=O)c1ccc2ccc(O)cc2c1. The van der Waals surface area contributed by atoms with Gasteiger partial charge in [-0.05, 0) is 41.5 Å². The first kappa shape index (κ1) is 12.4. The summed E-state index contributed by atoms with van der Waals surface area (Å²) in [6.07, 6.45) is 1.87. The van der Waals surface area contributed by atoms with E-state index in [-0.39, 0.29) is 11.7 Å². The number of phenols is 1. The van der Waals surface area contributed by atoms with Gasteiger partial charge in [-0.2, -0.15) is 0 Å². The number of benzene rings is 2. The van der Waals surface area contributed by atoms with E-state index in [1.165, 1.54) is 0 Å². The summed E-state index contributed by atoms with van der Waals surface area (Å²) in [4.78, 5) is 11.8. The maximum absolute atomic E-state index is 11.8. The number of carbonyl (C=O) groups is 1. The number of phenolic OH excluding ortho intramolecular Hbond substituents is 1. The maximum Gasteiger partial charge on any atom is 0.338 e. The number of rotatable bonds is 4. The highest BCUT2D eigenvalue weighted by Crippen LogP contribution is 2.21. The van der Waals surface area contributed by atoms with Crippen LogP contribution in [-0.2, 0) is 4.74 Å². The lowest BCUT2D eigenvalue weighted by Crippen LogP contribution is -2.06. The van der Waals surface area contributed by atoms with E-state index in [1.54, 1.807) is 24.3 Å². The van der Waals surface area contributed by atoms with Gasteiger partial charge < -0.3 is 9.84 Å². The number of carbonyl (C=O) groups excluding carboxylic acids is 1. The first-order chi connectivity index (χ1) is 8.70. The second-order valence-electron chi connectivity index (χ2n) is 4.24. The van der Waals surface area contributed by atoms with Gasteiger partial charge in [0.15, 0.2) is 0 Å². The molecule has 0 aliphatic carbocycles. The Kier molecular flexibility index (Phi) is 3.82. The maximum atomic E-state index is 11.8. The molecule has 18 heavy (non-hydrogen) atoms.